The van der Waals surface area contributed by atoms with Crippen molar-refractivity contribution in [2.75, 3.05) is 40.0 Å². The van der Waals surface area contributed by atoms with Crippen molar-refractivity contribution >= 4 is 11.9 Å². The SMILES string of the molecule is CCC(CO)N(CCC(=O)O)CC(=O)NCCOC. The topological polar surface area (TPSA) is 99.1 Å². The van der Waals surface area contributed by atoms with Gasteiger partial charge in [-0.05, 0) is 6.42 Å². The number of nitrogens with zero attached hydrogens (tertiary/aromatic N) is 1. The van der Waals surface area contributed by atoms with Crippen molar-refractivity contribution in [3.63, 3.8) is 0 Å². The minimum absolute atomic E-state index is 0.0537. The Morgan fingerprint density at radius 3 is 2.58 bits per heavy atom. The van der Waals surface area contributed by atoms with Crippen molar-refractivity contribution in [1.29, 1.82) is 0 Å². The Hall–Kier alpha value is -1.18. The van der Waals surface area contributed by atoms with Crippen molar-refractivity contribution in [2.24, 2.45) is 0 Å². The fourth-order valence-corrected chi connectivity index (χ4v) is 1.67. The van der Waals surface area contributed by atoms with E-state index in [-0.39, 0.29) is 38.1 Å². The van der Waals surface area contributed by atoms with Crippen LogP contribution in [0.25, 0.3) is 0 Å². The molecule has 19 heavy (non-hydrogen) atoms. The summed E-state index contributed by atoms with van der Waals surface area (Å²) >= 11 is 0. The van der Waals surface area contributed by atoms with Gasteiger partial charge in [-0.3, -0.25) is 14.5 Å². The first-order valence-corrected chi connectivity index (χ1v) is 6.37. The van der Waals surface area contributed by atoms with Gasteiger partial charge in [0.15, 0.2) is 0 Å². The van der Waals surface area contributed by atoms with Crippen LogP contribution in [0.2, 0.25) is 0 Å². The second-order valence-electron chi connectivity index (χ2n) is 4.20. The monoisotopic (exact) mass is 276 g/mol. The number of nitrogens with one attached hydrogen (secondary N) is 1. The maximum Gasteiger partial charge on any atom is 0.304 e. The average molecular weight is 276 g/mol. The number of amides is 1. The Kier molecular flexibility index (Phi) is 10.1. The molecular formula is C12H24N2O5. The van der Waals surface area contributed by atoms with Crippen LogP contribution in [0.1, 0.15) is 19.8 Å². The van der Waals surface area contributed by atoms with Gasteiger partial charge in [0.2, 0.25) is 5.91 Å². The molecule has 1 amide bonds. The van der Waals surface area contributed by atoms with E-state index in [1.165, 1.54) is 0 Å². The standard InChI is InChI=1S/C12H24N2O5/c1-3-10(9-15)14(6-4-12(17)18)8-11(16)13-5-7-19-2/h10,15H,3-9H2,1-2H3,(H,13,16)(H,17,18). The number of hydrogen-bond acceptors (Lipinski definition) is 5. The van der Waals surface area contributed by atoms with Gasteiger partial charge in [0.1, 0.15) is 0 Å². The highest BCUT2D eigenvalue weighted by Gasteiger charge is 2.19. The van der Waals surface area contributed by atoms with Gasteiger partial charge in [-0.1, -0.05) is 6.92 Å². The molecule has 0 bridgehead atoms. The molecule has 0 fully saturated rings. The Balaban J connectivity index is 4.30. The van der Waals surface area contributed by atoms with Gasteiger partial charge in [0, 0.05) is 26.2 Å². The molecule has 0 heterocycles. The highest BCUT2D eigenvalue weighted by Crippen LogP contribution is 2.04. The number of carbonyl (C=O) groups is 2. The third-order valence-electron chi connectivity index (χ3n) is 2.79. The molecule has 0 radical (unpaired) electrons. The van der Waals surface area contributed by atoms with Crippen LogP contribution in [0, 0.1) is 0 Å². The first-order valence-electron chi connectivity index (χ1n) is 6.37. The van der Waals surface area contributed by atoms with E-state index in [2.05, 4.69) is 5.32 Å². The molecule has 0 aliphatic heterocycles. The number of aliphatic carboxylic acids is 1. The van der Waals surface area contributed by atoms with Crippen LogP contribution in [0.5, 0.6) is 0 Å². The van der Waals surface area contributed by atoms with Gasteiger partial charge >= 0.3 is 5.97 Å². The lowest BCUT2D eigenvalue weighted by molar-refractivity contribution is -0.138. The van der Waals surface area contributed by atoms with Gasteiger partial charge in [-0.2, -0.15) is 0 Å². The van der Waals surface area contributed by atoms with Crippen molar-refractivity contribution in [2.45, 2.75) is 25.8 Å². The van der Waals surface area contributed by atoms with Gasteiger partial charge in [0.25, 0.3) is 0 Å². The van der Waals surface area contributed by atoms with Gasteiger partial charge in [-0.15, -0.1) is 0 Å². The van der Waals surface area contributed by atoms with Crippen molar-refractivity contribution in [1.82, 2.24) is 10.2 Å². The summed E-state index contributed by atoms with van der Waals surface area (Å²) in [6, 6.07) is -0.201. The smallest absolute Gasteiger partial charge is 0.304 e. The van der Waals surface area contributed by atoms with Gasteiger partial charge in [0.05, 0.1) is 26.2 Å². The van der Waals surface area contributed by atoms with E-state index in [0.717, 1.165) is 0 Å². The summed E-state index contributed by atoms with van der Waals surface area (Å²) in [6.07, 6.45) is 0.601. The van der Waals surface area contributed by atoms with Crippen LogP contribution >= 0.6 is 0 Å². The third kappa shape index (κ3) is 8.52. The predicted molar refractivity (Wildman–Crippen MR) is 69.9 cm³/mol. The molecule has 0 rings (SSSR count). The van der Waals surface area contributed by atoms with Crippen LogP contribution in [-0.4, -0.2) is 73.0 Å². The molecule has 7 nitrogen and oxygen atoms in total. The second-order valence-corrected chi connectivity index (χ2v) is 4.20. The van der Waals surface area contributed by atoms with Gasteiger partial charge < -0.3 is 20.3 Å². The van der Waals surface area contributed by atoms with Crippen LogP contribution in [0.15, 0.2) is 0 Å². The van der Waals surface area contributed by atoms with Crippen LogP contribution in [0.4, 0.5) is 0 Å². The normalized spacial score (nSPS) is 12.4. The zero-order chi connectivity index (χ0) is 14.7. The van der Waals surface area contributed by atoms with Crippen LogP contribution in [-0.2, 0) is 14.3 Å². The number of hydrogen-bond donors (Lipinski definition) is 3. The summed E-state index contributed by atoms with van der Waals surface area (Å²) in [5.74, 6) is -1.12. The number of rotatable bonds is 11. The van der Waals surface area contributed by atoms with E-state index in [9.17, 15) is 14.7 Å². The van der Waals surface area contributed by atoms with E-state index < -0.39 is 5.97 Å². The number of carboxylic acid groups (broad SMARTS) is 1. The quantitative estimate of drug-likeness (QED) is 0.431. The molecule has 0 saturated heterocycles. The number of carboxylic acids is 1. The summed E-state index contributed by atoms with van der Waals surface area (Å²) in [7, 11) is 1.55. The maximum atomic E-state index is 11.7. The Morgan fingerprint density at radius 2 is 2.11 bits per heavy atom. The molecule has 112 valence electrons. The van der Waals surface area contributed by atoms with E-state index in [1.807, 2.05) is 6.92 Å². The van der Waals surface area contributed by atoms with E-state index in [4.69, 9.17) is 9.84 Å². The fourth-order valence-electron chi connectivity index (χ4n) is 1.67. The number of ether oxygens (including phenoxy) is 1. The Morgan fingerprint density at radius 1 is 1.42 bits per heavy atom. The first-order chi connectivity index (χ1) is 9.04. The number of carbonyl (C=O) groups excluding carboxylic acids is 1. The lowest BCUT2D eigenvalue weighted by atomic mass is 10.2. The first kappa shape index (κ1) is 17.8. The third-order valence-corrected chi connectivity index (χ3v) is 2.79. The second kappa shape index (κ2) is 10.7. The lowest BCUT2D eigenvalue weighted by Crippen LogP contribution is -2.45. The minimum atomic E-state index is -0.919. The molecule has 1 unspecified atom stereocenters. The molecular weight excluding hydrogens is 252 g/mol. The number of aliphatic hydroxyl groups is 1. The molecule has 3 N–H and O–H groups in total. The average Bonchev–Trinajstić information content (AvgIpc) is 2.37. The summed E-state index contributed by atoms with van der Waals surface area (Å²) < 4.78 is 4.82. The molecule has 0 spiro atoms. The summed E-state index contributed by atoms with van der Waals surface area (Å²) in [5.41, 5.74) is 0. The largest absolute Gasteiger partial charge is 0.481 e. The molecule has 7 heteroatoms. The number of methoxy groups -OCH3 is 1. The van der Waals surface area contributed by atoms with Crippen molar-refractivity contribution in [3.8, 4) is 0 Å². The minimum Gasteiger partial charge on any atom is -0.481 e. The summed E-state index contributed by atoms with van der Waals surface area (Å²) in [4.78, 5) is 24.0. The fraction of sp³-hybridized carbons (Fsp3) is 0.833. The predicted octanol–water partition coefficient (Wildman–Crippen LogP) is -0.703. The number of aliphatic hydroxyl groups excluding tert-OH is 1. The summed E-state index contributed by atoms with van der Waals surface area (Å²) in [6.45, 7) is 2.96. The summed E-state index contributed by atoms with van der Waals surface area (Å²) in [5, 5.41) is 20.6. The van der Waals surface area contributed by atoms with Crippen LogP contribution in [0.3, 0.4) is 0 Å². The Bertz CT molecular complexity index is 269. The molecule has 0 saturated carbocycles. The lowest BCUT2D eigenvalue weighted by Gasteiger charge is -2.28. The van der Waals surface area contributed by atoms with Crippen molar-refractivity contribution < 1.29 is 24.5 Å². The molecule has 1 atom stereocenters. The molecule has 0 aromatic carbocycles. The zero-order valence-corrected chi connectivity index (χ0v) is 11.6. The van der Waals surface area contributed by atoms with Gasteiger partial charge in [-0.25, -0.2) is 0 Å². The van der Waals surface area contributed by atoms with Crippen LogP contribution < -0.4 is 5.32 Å². The maximum absolute atomic E-state index is 11.7. The van der Waals surface area contributed by atoms with E-state index >= 15 is 0 Å². The van der Waals surface area contributed by atoms with E-state index in [0.29, 0.717) is 19.6 Å². The van der Waals surface area contributed by atoms with E-state index in [1.54, 1.807) is 12.0 Å². The highest BCUT2D eigenvalue weighted by atomic mass is 16.5. The molecule has 0 aliphatic rings. The molecule has 0 aromatic heterocycles. The van der Waals surface area contributed by atoms with Crippen molar-refractivity contribution in [3.05, 3.63) is 0 Å². The Labute approximate surface area is 113 Å². The molecule has 0 aliphatic carbocycles. The zero-order valence-electron chi connectivity index (χ0n) is 11.6. The highest BCUT2D eigenvalue weighted by molar-refractivity contribution is 5.78. The molecule has 0 aromatic rings.